The molecule has 0 nitrogen and oxygen atoms in total. The normalized spacial score (nSPS) is 18.1. The van der Waals surface area contributed by atoms with Crippen molar-refractivity contribution in [2.75, 3.05) is 0 Å². The van der Waals surface area contributed by atoms with E-state index in [1.807, 2.05) is 0 Å². The third-order valence-electron chi connectivity index (χ3n) is 3.49. The Bertz CT molecular complexity index is 159. The van der Waals surface area contributed by atoms with Crippen LogP contribution in [-0.4, -0.2) is 7.85 Å². The Morgan fingerprint density at radius 3 is 2.00 bits per heavy atom. The Hall–Kier alpha value is 0.0649. The van der Waals surface area contributed by atoms with E-state index in [4.69, 9.17) is 7.85 Å². The SMILES string of the molecule is [B]C(C)(CCC(C)C)CC(CC)C(C)C. The van der Waals surface area contributed by atoms with E-state index in [0.717, 1.165) is 24.2 Å². The predicted octanol–water partition coefficient (Wildman–Crippen LogP) is 4.84. The van der Waals surface area contributed by atoms with Gasteiger partial charge in [0.2, 0.25) is 0 Å². The van der Waals surface area contributed by atoms with Crippen LogP contribution in [0.4, 0.5) is 0 Å². The Labute approximate surface area is 98.6 Å². The number of hydrogen-bond donors (Lipinski definition) is 0. The molecule has 1 heteroatoms. The highest BCUT2D eigenvalue weighted by atomic mass is 14.3. The highest BCUT2D eigenvalue weighted by Gasteiger charge is 2.23. The van der Waals surface area contributed by atoms with Crippen LogP contribution in [0.1, 0.15) is 67.2 Å². The Balaban J connectivity index is 4.09. The van der Waals surface area contributed by atoms with Crippen LogP contribution in [0, 0.1) is 17.8 Å². The van der Waals surface area contributed by atoms with Crippen LogP contribution < -0.4 is 0 Å². The first kappa shape index (κ1) is 15.1. The van der Waals surface area contributed by atoms with Gasteiger partial charge in [0.1, 0.15) is 0 Å². The molecule has 0 N–H and O–H groups in total. The van der Waals surface area contributed by atoms with E-state index in [-0.39, 0.29) is 5.31 Å². The molecule has 0 amide bonds. The van der Waals surface area contributed by atoms with Crippen LogP contribution in [0.15, 0.2) is 0 Å². The average Bonchev–Trinajstić information content (AvgIpc) is 2.11. The fourth-order valence-electron chi connectivity index (χ4n) is 2.17. The van der Waals surface area contributed by atoms with Crippen molar-refractivity contribution >= 4 is 7.85 Å². The van der Waals surface area contributed by atoms with E-state index in [9.17, 15) is 0 Å². The van der Waals surface area contributed by atoms with Gasteiger partial charge in [0.25, 0.3) is 0 Å². The van der Waals surface area contributed by atoms with Gasteiger partial charge in [0.05, 0.1) is 7.85 Å². The van der Waals surface area contributed by atoms with Crippen molar-refractivity contribution in [1.29, 1.82) is 0 Å². The minimum atomic E-state index is 0.0369. The fraction of sp³-hybridized carbons (Fsp3) is 1.00. The van der Waals surface area contributed by atoms with E-state index >= 15 is 0 Å². The Morgan fingerprint density at radius 2 is 1.67 bits per heavy atom. The lowest BCUT2D eigenvalue weighted by molar-refractivity contribution is 0.292. The highest BCUT2D eigenvalue weighted by molar-refractivity contribution is 6.14. The van der Waals surface area contributed by atoms with Crippen molar-refractivity contribution in [2.24, 2.45) is 17.8 Å². The summed E-state index contributed by atoms with van der Waals surface area (Å²) in [5.74, 6) is 2.32. The standard InChI is InChI=1S/C14H29B/c1-7-13(12(4)5)10-14(6,15)9-8-11(2)3/h11-13H,7-10H2,1-6H3. The van der Waals surface area contributed by atoms with Crippen LogP contribution >= 0.6 is 0 Å². The maximum Gasteiger partial charge on any atom is 0.0742 e. The molecule has 0 aliphatic heterocycles. The van der Waals surface area contributed by atoms with Crippen LogP contribution in [0.25, 0.3) is 0 Å². The molecule has 0 aromatic rings. The van der Waals surface area contributed by atoms with Gasteiger partial charge >= 0.3 is 0 Å². The van der Waals surface area contributed by atoms with Crippen LogP contribution in [0.3, 0.4) is 0 Å². The molecule has 0 rings (SSSR count). The van der Waals surface area contributed by atoms with Crippen molar-refractivity contribution in [3.63, 3.8) is 0 Å². The molecule has 0 saturated heterocycles. The maximum absolute atomic E-state index is 6.38. The highest BCUT2D eigenvalue weighted by Crippen LogP contribution is 2.39. The van der Waals surface area contributed by atoms with E-state index in [2.05, 4.69) is 41.5 Å². The van der Waals surface area contributed by atoms with Gasteiger partial charge in [0.15, 0.2) is 0 Å². The summed E-state index contributed by atoms with van der Waals surface area (Å²) in [6, 6.07) is 0. The molecule has 0 bridgehead atoms. The third kappa shape index (κ3) is 7.03. The van der Waals surface area contributed by atoms with Gasteiger partial charge in [-0.25, -0.2) is 0 Å². The molecule has 2 atom stereocenters. The predicted molar refractivity (Wildman–Crippen MR) is 71.4 cm³/mol. The molecule has 15 heavy (non-hydrogen) atoms. The molecular weight excluding hydrogens is 179 g/mol. The summed E-state index contributed by atoms with van der Waals surface area (Å²) < 4.78 is 0. The van der Waals surface area contributed by atoms with Gasteiger partial charge in [-0.3, -0.25) is 0 Å². The molecule has 2 unspecified atom stereocenters. The van der Waals surface area contributed by atoms with Gasteiger partial charge in [-0.1, -0.05) is 72.5 Å². The lowest BCUT2D eigenvalue weighted by Crippen LogP contribution is -2.18. The summed E-state index contributed by atoms with van der Waals surface area (Å²) in [6.07, 6.45) is 4.84. The summed E-state index contributed by atoms with van der Waals surface area (Å²) in [5.41, 5.74) is 0. The lowest BCUT2D eigenvalue weighted by atomic mass is 9.61. The largest absolute Gasteiger partial charge is 0.0742 e. The Morgan fingerprint density at radius 1 is 1.13 bits per heavy atom. The van der Waals surface area contributed by atoms with Crippen molar-refractivity contribution in [1.82, 2.24) is 0 Å². The summed E-state index contributed by atoms with van der Waals surface area (Å²) in [7, 11) is 6.38. The zero-order valence-electron chi connectivity index (χ0n) is 11.6. The van der Waals surface area contributed by atoms with E-state index in [0.29, 0.717) is 0 Å². The van der Waals surface area contributed by atoms with Crippen LogP contribution in [0.2, 0.25) is 5.31 Å². The van der Waals surface area contributed by atoms with Gasteiger partial charge in [0, 0.05) is 0 Å². The second-order valence-corrected chi connectivity index (χ2v) is 6.20. The van der Waals surface area contributed by atoms with Crippen LogP contribution in [0.5, 0.6) is 0 Å². The van der Waals surface area contributed by atoms with Crippen LogP contribution in [-0.2, 0) is 0 Å². The lowest BCUT2D eigenvalue weighted by Gasteiger charge is -2.32. The molecule has 0 aromatic carbocycles. The zero-order chi connectivity index (χ0) is 12.1. The van der Waals surface area contributed by atoms with E-state index < -0.39 is 0 Å². The quantitative estimate of drug-likeness (QED) is 0.525. The van der Waals surface area contributed by atoms with Crippen molar-refractivity contribution in [3.8, 4) is 0 Å². The first-order valence-corrected chi connectivity index (χ1v) is 6.57. The second-order valence-electron chi connectivity index (χ2n) is 6.20. The third-order valence-corrected chi connectivity index (χ3v) is 3.49. The zero-order valence-corrected chi connectivity index (χ0v) is 11.6. The van der Waals surface area contributed by atoms with Crippen molar-refractivity contribution in [3.05, 3.63) is 0 Å². The van der Waals surface area contributed by atoms with Gasteiger partial charge in [-0.2, -0.15) is 0 Å². The molecule has 0 aromatic heterocycles. The van der Waals surface area contributed by atoms with Crippen molar-refractivity contribution in [2.45, 2.75) is 72.5 Å². The summed E-state index contributed by atoms with van der Waals surface area (Å²) in [5, 5.41) is 0.0369. The number of hydrogen-bond acceptors (Lipinski definition) is 0. The van der Waals surface area contributed by atoms with E-state index in [1.165, 1.54) is 19.3 Å². The first-order valence-electron chi connectivity index (χ1n) is 6.57. The molecule has 0 spiro atoms. The average molecular weight is 208 g/mol. The Kier molecular flexibility index (Phi) is 6.63. The summed E-state index contributed by atoms with van der Waals surface area (Å²) in [4.78, 5) is 0. The molecule has 0 aliphatic rings. The number of rotatable bonds is 7. The van der Waals surface area contributed by atoms with Gasteiger partial charge < -0.3 is 0 Å². The molecule has 0 fully saturated rings. The monoisotopic (exact) mass is 208 g/mol. The smallest absolute Gasteiger partial charge is 0.0686 e. The van der Waals surface area contributed by atoms with Gasteiger partial charge in [-0.15, -0.1) is 0 Å². The van der Waals surface area contributed by atoms with E-state index in [1.54, 1.807) is 0 Å². The molecule has 0 saturated carbocycles. The topological polar surface area (TPSA) is 0 Å². The van der Waals surface area contributed by atoms with Crippen molar-refractivity contribution < 1.29 is 0 Å². The molecule has 0 aliphatic carbocycles. The summed E-state index contributed by atoms with van der Waals surface area (Å²) >= 11 is 0. The molecular formula is C14H29B. The fourth-order valence-corrected chi connectivity index (χ4v) is 2.17. The molecule has 0 heterocycles. The second kappa shape index (κ2) is 6.61. The van der Waals surface area contributed by atoms with Gasteiger partial charge in [-0.05, 0) is 17.8 Å². The molecule has 2 radical (unpaired) electrons. The summed E-state index contributed by atoms with van der Waals surface area (Å²) in [6.45, 7) is 13.7. The minimum absolute atomic E-state index is 0.0369. The maximum atomic E-state index is 6.38. The minimum Gasteiger partial charge on any atom is -0.0686 e. The first-order chi connectivity index (χ1) is 6.78. The molecule has 88 valence electrons.